The summed E-state index contributed by atoms with van der Waals surface area (Å²) in [5, 5.41) is 4.43. The molecule has 0 saturated carbocycles. The molecule has 0 aliphatic carbocycles. The van der Waals surface area contributed by atoms with Gasteiger partial charge in [0.15, 0.2) is 5.13 Å². The standard InChI is InChI=1S/C12H12FN3S/c13-9-2-1-3-10-11(9)17-12(15-10)16-6-7-4-8(16)5-14-7/h1-3,7-8,14H,4-6H2/t7-,8-/m0/s1. The van der Waals surface area contributed by atoms with E-state index in [-0.39, 0.29) is 5.82 Å². The van der Waals surface area contributed by atoms with Crippen molar-refractivity contribution in [2.75, 3.05) is 18.0 Å². The van der Waals surface area contributed by atoms with Crippen molar-refractivity contribution >= 4 is 26.7 Å². The zero-order chi connectivity index (χ0) is 11.4. The van der Waals surface area contributed by atoms with Crippen molar-refractivity contribution in [3.63, 3.8) is 0 Å². The van der Waals surface area contributed by atoms with Gasteiger partial charge in [0.05, 0.1) is 10.2 Å². The molecule has 2 atom stereocenters. The lowest BCUT2D eigenvalue weighted by molar-refractivity contribution is 0.579. The van der Waals surface area contributed by atoms with Crippen LogP contribution in [-0.4, -0.2) is 30.2 Å². The van der Waals surface area contributed by atoms with E-state index in [0.717, 1.165) is 23.7 Å². The number of fused-ring (bicyclic) bond motifs is 3. The van der Waals surface area contributed by atoms with Gasteiger partial charge in [-0.1, -0.05) is 17.4 Å². The molecular formula is C12H12FN3S. The summed E-state index contributed by atoms with van der Waals surface area (Å²) in [6.45, 7) is 2.04. The van der Waals surface area contributed by atoms with Gasteiger partial charge in [0.25, 0.3) is 0 Å². The SMILES string of the molecule is Fc1cccc2nc(N3C[C@@H]4C[C@H]3CN4)sc12. The molecule has 88 valence electrons. The molecule has 3 heterocycles. The molecule has 2 aromatic rings. The molecule has 1 aromatic carbocycles. The molecule has 2 bridgehead atoms. The van der Waals surface area contributed by atoms with Crippen LogP contribution in [0, 0.1) is 5.82 Å². The molecule has 0 spiro atoms. The third-order valence-electron chi connectivity index (χ3n) is 3.66. The highest BCUT2D eigenvalue weighted by atomic mass is 32.1. The number of piperazine rings is 1. The second kappa shape index (κ2) is 3.40. The van der Waals surface area contributed by atoms with Crippen LogP contribution in [0.3, 0.4) is 0 Å². The van der Waals surface area contributed by atoms with Crippen molar-refractivity contribution in [3.8, 4) is 0 Å². The lowest BCUT2D eigenvalue weighted by Gasteiger charge is -2.26. The molecule has 5 heteroatoms. The third-order valence-corrected chi connectivity index (χ3v) is 4.77. The molecular weight excluding hydrogens is 237 g/mol. The van der Waals surface area contributed by atoms with Crippen molar-refractivity contribution in [1.82, 2.24) is 10.3 Å². The maximum absolute atomic E-state index is 13.6. The molecule has 0 radical (unpaired) electrons. The van der Waals surface area contributed by atoms with Crippen molar-refractivity contribution < 1.29 is 4.39 Å². The van der Waals surface area contributed by atoms with Gasteiger partial charge in [-0.2, -0.15) is 0 Å². The maximum atomic E-state index is 13.6. The summed E-state index contributed by atoms with van der Waals surface area (Å²) in [6.07, 6.45) is 1.19. The molecule has 2 saturated heterocycles. The molecule has 1 N–H and O–H groups in total. The van der Waals surface area contributed by atoms with Crippen LogP contribution in [0.15, 0.2) is 18.2 Å². The second-order valence-corrected chi connectivity index (χ2v) is 5.71. The van der Waals surface area contributed by atoms with E-state index in [2.05, 4.69) is 15.2 Å². The molecule has 0 amide bonds. The molecule has 4 rings (SSSR count). The van der Waals surface area contributed by atoms with E-state index in [1.54, 1.807) is 6.07 Å². The first-order valence-corrected chi connectivity index (χ1v) is 6.68. The number of rotatable bonds is 1. The van der Waals surface area contributed by atoms with E-state index in [0.29, 0.717) is 16.8 Å². The molecule has 1 aromatic heterocycles. The van der Waals surface area contributed by atoms with Crippen LogP contribution in [0.2, 0.25) is 0 Å². The summed E-state index contributed by atoms with van der Waals surface area (Å²) in [7, 11) is 0. The summed E-state index contributed by atoms with van der Waals surface area (Å²) >= 11 is 1.47. The van der Waals surface area contributed by atoms with Gasteiger partial charge in [-0.15, -0.1) is 0 Å². The fraction of sp³-hybridized carbons (Fsp3) is 0.417. The topological polar surface area (TPSA) is 28.2 Å². The van der Waals surface area contributed by atoms with Gasteiger partial charge in [-0.3, -0.25) is 0 Å². The van der Waals surface area contributed by atoms with Gasteiger partial charge in [-0.05, 0) is 18.6 Å². The van der Waals surface area contributed by atoms with Crippen molar-refractivity contribution in [2.45, 2.75) is 18.5 Å². The third kappa shape index (κ3) is 1.39. The Morgan fingerprint density at radius 3 is 3.12 bits per heavy atom. The highest BCUT2D eigenvalue weighted by Crippen LogP contribution is 2.35. The molecule has 2 fully saturated rings. The Hall–Kier alpha value is -1.20. The van der Waals surface area contributed by atoms with Crippen LogP contribution < -0.4 is 10.2 Å². The van der Waals surface area contributed by atoms with Crippen LogP contribution in [0.5, 0.6) is 0 Å². The zero-order valence-corrected chi connectivity index (χ0v) is 10.0. The van der Waals surface area contributed by atoms with E-state index in [1.807, 2.05) is 6.07 Å². The minimum Gasteiger partial charge on any atom is -0.342 e. The molecule has 0 unspecified atom stereocenters. The Bertz CT molecular complexity index is 582. The van der Waals surface area contributed by atoms with E-state index in [4.69, 9.17) is 0 Å². The minimum absolute atomic E-state index is 0.159. The highest BCUT2D eigenvalue weighted by molar-refractivity contribution is 7.22. The van der Waals surface area contributed by atoms with Crippen molar-refractivity contribution in [3.05, 3.63) is 24.0 Å². The second-order valence-electron chi connectivity index (χ2n) is 4.73. The van der Waals surface area contributed by atoms with E-state index in [9.17, 15) is 4.39 Å². The van der Waals surface area contributed by atoms with Crippen LogP contribution in [0.25, 0.3) is 10.2 Å². The minimum atomic E-state index is -0.159. The number of hydrogen-bond acceptors (Lipinski definition) is 4. The van der Waals surface area contributed by atoms with Gasteiger partial charge in [0.1, 0.15) is 5.82 Å². The van der Waals surface area contributed by atoms with Crippen LogP contribution in [0.4, 0.5) is 9.52 Å². The Kier molecular flexibility index (Phi) is 1.96. The number of aromatic nitrogens is 1. The number of benzene rings is 1. The quantitative estimate of drug-likeness (QED) is 0.837. The molecule has 3 nitrogen and oxygen atoms in total. The molecule has 2 aliphatic rings. The zero-order valence-electron chi connectivity index (χ0n) is 9.19. The van der Waals surface area contributed by atoms with Crippen molar-refractivity contribution in [2.24, 2.45) is 0 Å². The van der Waals surface area contributed by atoms with E-state index in [1.165, 1.54) is 23.8 Å². The lowest BCUT2D eigenvalue weighted by Crippen LogP contribution is -2.43. The Balaban J connectivity index is 1.79. The Morgan fingerprint density at radius 2 is 2.41 bits per heavy atom. The lowest BCUT2D eigenvalue weighted by atomic mass is 10.2. The number of hydrogen-bond donors (Lipinski definition) is 1. The summed E-state index contributed by atoms with van der Waals surface area (Å²) in [5.74, 6) is -0.159. The number of nitrogens with one attached hydrogen (secondary N) is 1. The first-order valence-electron chi connectivity index (χ1n) is 5.86. The summed E-state index contributed by atoms with van der Waals surface area (Å²) in [5.41, 5.74) is 0.778. The first kappa shape index (κ1) is 9.79. The van der Waals surface area contributed by atoms with Gasteiger partial charge in [-0.25, -0.2) is 9.37 Å². The average Bonchev–Trinajstić information content (AvgIpc) is 3.03. The smallest absolute Gasteiger partial charge is 0.186 e. The highest BCUT2D eigenvalue weighted by Gasteiger charge is 2.38. The normalized spacial score (nSPS) is 27.2. The number of thiazole rings is 1. The predicted molar refractivity (Wildman–Crippen MR) is 67.1 cm³/mol. The number of anilines is 1. The fourth-order valence-electron chi connectivity index (χ4n) is 2.82. The van der Waals surface area contributed by atoms with Crippen LogP contribution in [0.1, 0.15) is 6.42 Å². The van der Waals surface area contributed by atoms with E-state index >= 15 is 0 Å². The predicted octanol–water partition coefficient (Wildman–Crippen LogP) is 1.99. The fourth-order valence-corrected chi connectivity index (χ4v) is 3.87. The number of halogens is 1. The summed E-state index contributed by atoms with van der Waals surface area (Å²) in [4.78, 5) is 6.88. The van der Waals surface area contributed by atoms with Gasteiger partial charge >= 0.3 is 0 Å². The molecule has 17 heavy (non-hydrogen) atoms. The summed E-state index contributed by atoms with van der Waals surface area (Å²) < 4.78 is 14.3. The monoisotopic (exact) mass is 249 g/mol. The maximum Gasteiger partial charge on any atom is 0.186 e. The largest absolute Gasteiger partial charge is 0.342 e. The Morgan fingerprint density at radius 1 is 1.47 bits per heavy atom. The van der Waals surface area contributed by atoms with Gasteiger partial charge < -0.3 is 10.2 Å². The first-order chi connectivity index (χ1) is 8.31. The van der Waals surface area contributed by atoms with Crippen LogP contribution in [-0.2, 0) is 0 Å². The van der Waals surface area contributed by atoms with Crippen molar-refractivity contribution in [1.29, 1.82) is 0 Å². The molecule has 2 aliphatic heterocycles. The summed E-state index contributed by atoms with van der Waals surface area (Å²) in [6, 6.07) is 6.24. The Labute approximate surface area is 102 Å². The van der Waals surface area contributed by atoms with Gasteiger partial charge in [0, 0.05) is 25.2 Å². The van der Waals surface area contributed by atoms with E-state index < -0.39 is 0 Å². The average molecular weight is 249 g/mol. The number of nitrogens with zero attached hydrogens (tertiary/aromatic N) is 2. The van der Waals surface area contributed by atoms with Crippen LogP contribution >= 0.6 is 11.3 Å². The van der Waals surface area contributed by atoms with Gasteiger partial charge in [0.2, 0.25) is 0 Å².